The molecule has 0 saturated heterocycles. The number of nitrogens with one attached hydrogen (secondary N) is 1. The maximum Gasteiger partial charge on any atom is 0.338 e. The Kier molecular flexibility index (Phi) is 7.21. The smallest absolute Gasteiger partial charge is 0.338 e. The number of hydrogen-bond donors (Lipinski definition) is 2. The number of anilines is 1. The van der Waals surface area contributed by atoms with Crippen LogP contribution in [0.5, 0.6) is 5.75 Å². The van der Waals surface area contributed by atoms with Crippen LogP contribution in [0, 0.1) is 12.7 Å². The molecule has 2 N–H and O–H groups in total. The summed E-state index contributed by atoms with van der Waals surface area (Å²) in [5.74, 6) is -0.735. The fourth-order valence-corrected chi connectivity index (χ4v) is 4.62. The van der Waals surface area contributed by atoms with Crippen LogP contribution < -0.4 is 10.1 Å². The molecule has 0 fully saturated rings. The van der Waals surface area contributed by atoms with Gasteiger partial charge in [0.05, 0.1) is 34.3 Å². The standard InChI is InChI=1S/C26H26ClFN4O3/c1-4-6-16-11-17(12-18(28)23(16)26(33)34)19-13-22(31-14-30-19)29-9-10-32-15(2)25(27)24-20(32)7-5-8-21(24)35-3/h5,7-8,11-14H,4,6,9-10H2,1-3H3,(H,33,34)(H,29,30,31). The Morgan fingerprint density at radius 2 is 2.06 bits per heavy atom. The van der Waals surface area contributed by atoms with E-state index in [9.17, 15) is 14.3 Å². The van der Waals surface area contributed by atoms with Crippen LogP contribution in [0.2, 0.25) is 5.02 Å². The maximum absolute atomic E-state index is 14.6. The van der Waals surface area contributed by atoms with Crippen molar-refractivity contribution in [2.45, 2.75) is 33.2 Å². The van der Waals surface area contributed by atoms with Crippen LogP contribution in [0.1, 0.15) is 35.0 Å². The lowest BCUT2D eigenvalue weighted by atomic mass is 9.98. The van der Waals surface area contributed by atoms with E-state index >= 15 is 0 Å². The molecule has 0 atom stereocenters. The molecule has 2 aromatic carbocycles. The number of ether oxygens (including phenoxy) is 1. The van der Waals surface area contributed by atoms with E-state index in [1.165, 1.54) is 12.4 Å². The van der Waals surface area contributed by atoms with Crippen molar-refractivity contribution in [2.24, 2.45) is 0 Å². The van der Waals surface area contributed by atoms with Gasteiger partial charge < -0.3 is 19.7 Å². The van der Waals surface area contributed by atoms with Gasteiger partial charge in [0.25, 0.3) is 0 Å². The van der Waals surface area contributed by atoms with E-state index in [-0.39, 0.29) is 5.56 Å². The van der Waals surface area contributed by atoms with Gasteiger partial charge in [0.1, 0.15) is 23.7 Å². The van der Waals surface area contributed by atoms with Crippen LogP contribution in [-0.4, -0.2) is 39.3 Å². The molecule has 182 valence electrons. The van der Waals surface area contributed by atoms with Crippen LogP contribution in [0.4, 0.5) is 10.2 Å². The summed E-state index contributed by atoms with van der Waals surface area (Å²) in [6.45, 7) is 5.07. The molecule has 0 radical (unpaired) electrons. The quantitative estimate of drug-likeness (QED) is 0.297. The minimum Gasteiger partial charge on any atom is -0.496 e. The molecule has 2 aromatic heterocycles. The SMILES string of the molecule is CCCc1cc(-c2cc(NCCn3c(C)c(Cl)c4c(OC)cccc43)ncn2)cc(F)c1C(=O)O. The third-order valence-corrected chi connectivity index (χ3v) is 6.43. The summed E-state index contributed by atoms with van der Waals surface area (Å²) < 4.78 is 22.2. The van der Waals surface area contributed by atoms with E-state index in [1.807, 2.05) is 32.0 Å². The molecule has 0 aliphatic carbocycles. The van der Waals surface area contributed by atoms with Crippen molar-refractivity contribution < 1.29 is 19.0 Å². The van der Waals surface area contributed by atoms with E-state index in [4.69, 9.17) is 16.3 Å². The lowest BCUT2D eigenvalue weighted by Gasteiger charge is -2.12. The predicted octanol–water partition coefficient (Wildman–Crippen LogP) is 5.97. The van der Waals surface area contributed by atoms with Gasteiger partial charge in [-0.3, -0.25) is 0 Å². The van der Waals surface area contributed by atoms with Crippen LogP contribution in [0.25, 0.3) is 22.2 Å². The van der Waals surface area contributed by atoms with Crippen molar-refractivity contribution in [2.75, 3.05) is 19.0 Å². The van der Waals surface area contributed by atoms with Crippen molar-refractivity contribution in [1.82, 2.24) is 14.5 Å². The lowest BCUT2D eigenvalue weighted by Crippen LogP contribution is -2.12. The maximum atomic E-state index is 14.6. The number of benzene rings is 2. The Labute approximate surface area is 207 Å². The Hall–Kier alpha value is -3.65. The van der Waals surface area contributed by atoms with Gasteiger partial charge in [0, 0.05) is 30.4 Å². The molecule has 0 aliphatic heterocycles. The number of carboxylic acid groups (broad SMARTS) is 1. The van der Waals surface area contributed by atoms with Crippen molar-refractivity contribution in [3.63, 3.8) is 0 Å². The molecule has 2 heterocycles. The summed E-state index contributed by atoms with van der Waals surface area (Å²) in [6.07, 6.45) is 2.56. The number of rotatable bonds is 9. The highest BCUT2D eigenvalue weighted by Gasteiger charge is 2.19. The number of nitrogens with zero attached hydrogens (tertiary/aromatic N) is 3. The van der Waals surface area contributed by atoms with E-state index in [1.54, 1.807) is 19.2 Å². The van der Waals surface area contributed by atoms with Crippen molar-refractivity contribution >= 4 is 34.3 Å². The lowest BCUT2D eigenvalue weighted by molar-refractivity contribution is 0.0690. The summed E-state index contributed by atoms with van der Waals surface area (Å²) in [5, 5.41) is 14.2. The van der Waals surface area contributed by atoms with Gasteiger partial charge in [-0.2, -0.15) is 0 Å². The van der Waals surface area contributed by atoms with Crippen LogP contribution >= 0.6 is 11.6 Å². The largest absolute Gasteiger partial charge is 0.496 e. The molecule has 0 bridgehead atoms. The highest BCUT2D eigenvalue weighted by molar-refractivity contribution is 6.37. The predicted molar refractivity (Wildman–Crippen MR) is 135 cm³/mol. The Morgan fingerprint density at radius 1 is 1.26 bits per heavy atom. The van der Waals surface area contributed by atoms with Gasteiger partial charge in [-0.15, -0.1) is 0 Å². The number of aromatic carboxylic acids is 1. The Morgan fingerprint density at radius 3 is 2.77 bits per heavy atom. The number of hydrogen-bond acceptors (Lipinski definition) is 5. The third kappa shape index (κ3) is 4.79. The first-order valence-corrected chi connectivity index (χ1v) is 11.7. The first kappa shape index (κ1) is 24.5. The number of aromatic nitrogens is 3. The summed E-state index contributed by atoms with van der Waals surface area (Å²) in [7, 11) is 1.62. The summed E-state index contributed by atoms with van der Waals surface area (Å²) >= 11 is 6.58. The second kappa shape index (κ2) is 10.3. The van der Waals surface area contributed by atoms with Crippen LogP contribution in [0.15, 0.2) is 42.7 Å². The molecule has 35 heavy (non-hydrogen) atoms. The van der Waals surface area contributed by atoms with Gasteiger partial charge in [-0.05, 0) is 43.2 Å². The van der Waals surface area contributed by atoms with Crippen molar-refractivity contribution in [3.8, 4) is 17.0 Å². The van der Waals surface area contributed by atoms with Crippen molar-refractivity contribution in [3.05, 3.63) is 70.4 Å². The number of carbonyl (C=O) groups is 1. The first-order chi connectivity index (χ1) is 16.8. The number of carboxylic acids is 1. The Balaban J connectivity index is 1.56. The average Bonchev–Trinajstić information content (AvgIpc) is 3.09. The normalized spacial score (nSPS) is 11.1. The van der Waals surface area contributed by atoms with E-state index in [0.29, 0.717) is 53.6 Å². The molecule has 0 unspecified atom stereocenters. The van der Waals surface area contributed by atoms with Crippen molar-refractivity contribution in [1.29, 1.82) is 0 Å². The molecule has 7 nitrogen and oxygen atoms in total. The van der Waals surface area contributed by atoms with Gasteiger partial charge in [0.2, 0.25) is 0 Å². The van der Waals surface area contributed by atoms with Crippen LogP contribution in [0.3, 0.4) is 0 Å². The van der Waals surface area contributed by atoms with Gasteiger partial charge in [0.15, 0.2) is 0 Å². The minimum atomic E-state index is -1.27. The molecular formula is C26H26ClFN4O3. The zero-order valence-corrected chi connectivity index (χ0v) is 20.5. The van der Waals surface area contributed by atoms with Gasteiger partial charge in [-0.1, -0.05) is 31.0 Å². The fourth-order valence-electron chi connectivity index (χ4n) is 4.33. The molecule has 4 aromatic rings. The summed E-state index contributed by atoms with van der Waals surface area (Å²) in [4.78, 5) is 20.0. The van der Waals surface area contributed by atoms with Crippen LogP contribution in [-0.2, 0) is 13.0 Å². The highest BCUT2D eigenvalue weighted by Crippen LogP contribution is 2.36. The molecule has 9 heteroatoms. The zero-order valence-electron chi connectivity index (χ0n) is 19.7. The number of fused-ring (bicyclic) bond motifs is 1. The molecule has 4 rings (SSSR count). The molecule has 0 spiro atoms. The molecule has 0 amide bonds. The topological polar surface area (TPSA) is 89.3 Å². The molecule has 0 aliphatic rings. The molecule has 0 saturated carbocycles. The minimum absolute atomic E-state index is 0.285. The highest BCUT2D eigenvalue weighted by atomic mass is 35.5. The zero-order chi connectivity index (χ0) is 25.1. The number of aryl methyl sites for hydroxylation is 1. The van der Waals surface area contributed by atoms with Gasteiger partial charge >= 0.3 is 5.97 Å². The third-order valence-electron chi connectivity index (χ3n) is 5.97. The van der Waals surface area contributed by atoms with E-state index in [0.717, 1.165) is 22.3 Å². The average molecular weight is 497 g/mol. The molecular weight excluding hydrogens is 471 g/mol. The van der Waals surface area contributed by atoms with E-state index < -0.39 is 11.8 Å². The summed E-state index contributed by atoms with van der Waals surface area (Å²) in [5.41, 5.74) is 3.10. The van der Waals surface area contributed by atoms with Gasteiger partial charge in [-0.25, -0.2) is 19.2 Å². The Bertz CT molecular complexity index is 1400. The second-order valence-corrected chi connectivity index (χ2v) is 8.55. The first-order valence-electron chi connectivity index (χ1n) is 11.3. The van der Waals surface area contributed by atoms with E-state index in [2.05, 4.69) is 19.9 Å². The number of halogens is 2. The number of methoxy groups -OCH3 is 1. The summed E-state index contributed by atoms with van der Waals surface area (Å²) in [6, 6.07) is 10.4. The monoisotopic (exact) mass is 496 g/mol. The fraction of sp³-hybridized carbons (Fsp3) is 0.269. The second-order valence-electron chi connectivity index (χ2n) is 8.17.